The van der Waals surface area contributed by atoms with Gasteiger partial charge in [0.1, 0.15) is 5.75 Å². The molecule has 5 nitrogen and oxygen atoms in total. The summed E-state index contributed by atoms with van der Waals surface area (Å²) in [6, 6.07) is 13.8. The second kappa shape index (κ2) is 11.2. The Balaban J connectivity index is 1.74. The summed E-state index contributed by atoms with van der Waals surface area (Å²) in [6.45, 7) is 2.86. The van der Waals surface area contributed by atoms with Crippen molar-refractivity contribution in [3.05, 3.63) is 59.1 Å². The molecule has 1 N–H and O–H groups in total. The number of carbonyl (C=O) groups excluding carboxylic acids is 2. The summed E-state index contributed by atoms with van der Waals surface area (Å²) in [7, 11) is 0. The number of nitrogens with one attached hydrogen (secondary N) is 1. The van der Waals surface area contributed by atoms with Crippen LogP contribution in [0.2, 0.25) is 5.02 Å². The summed E-state index contributed by atoms with van der Waals surface area (Å²) in [5.41, 5.74) is 0.999. The quantitative estimate of drug-likeness (QED) is 0.453. The first-order valence-electron chi connectivity index (χ1n) is 9.04. The lowest BCUT2D eigenvalue weighted by Crippen LogP contribution is -2.13. The number of esters is 1. The third-order valence-corrected chi connectivity index (χ3v) is 4.00. The first kappa shape index (κ1) is 20.8. The van der Waals surface area contributed by atoms with Crippen molar-refractivity contribution in [2.24, 2.45) is 0 Å². The Morgan fingerprint density at radius 3 is 2.56 bits per heavy atom. The van der Waals surface area contributed by atoms with Crippen LogP contribution in [0.4, 0.5) is 5.69 Å². The van der Waals surface area contributed by atoms with Crippen molar-refractivity contribution in [3.63, 3.8) is 0 Å². The van der Waals surface area contributed by atoms with Crippen LogP contribution in [0.15, 0.2) is 48.5 Å². The van der Waals surface area contributed by atoms with E-state index in [9.17, 15) is 9.59 Å². The van der Waals surface area contributed by atoms with Gasteiger partial charge in [-0.25, -0.2) is 4.79 Å². The van der Waals surface area contributed by atoms with Gasteiger partial charge in [0.25, 0.3) is 0 Å². The van der Waals surface area contributed by atoms with Gasteiger partial charge in [0, 0.05) is 17.1 Å². The van der Waals surface area contributed by atoms with E-state index in [4.69, 9.17) is 21.1 Å². The van der Waals surface area contributed by atoms with Crippen molar-refractivity contribution in [1.29, 1.82) is 0 Å². The van der Waals surface area contributed by atoms with Gasteiger partial charge in [-0.2, -0.15) is 0 Å². The maximum absolute atomic E-state index is 12.1. The maximum Gasteiger partial charge on any atom is 0.338 e. The average molecular weight is 390 g/mol. The van der Waals surface area contributed by atoms with Gasteiger partial charge in [-0.15, -0.1) is 0 Å². The lowest BCUT2D eigenvalue weighted by Gasteiger charge is -2.09. The van der Waals surface area contributed by atoms with Gasteiger partial charge in [-0.1, -0.05) is 31.0 Å². The molecule has 0 aliphatic rings. The number of ether oxygens (including phenoxy) is 2. The molecule has 2 aromatic carbocycles. The van der Waals surface area contributed by atoms with Crippen molar-refractivity contribution in [3.8, 4) is 5.75 Å². The van der Waals surface area contributed by atoms with Crippen LogP contribution < -0.4 is 10.1 Å². The molecular formula is C21H24ClNO4. The van der Waals surface area contributed by atoms with Crippen molar-refractivity contribution in [1.82, 2.24) is 0 Å². The molecule has 0 radical (unpaired) electrons. The molecule has 0 saturated carbocycles. The highest BCUT2D eigenvalue weighted by molar-refractivity contribution is 6.30. The van der Waals surface area contributed by atoms with Gasteiger partial charge in [0.2, 0.25) is 5.91 Å². The lowest BCUT2D eigenvalue weighted by atomic mass is 10.2. The number of benzene rings is 2. The second-order valence-electron chi connectivity index (χ2n) is 6.02. The molecule has 2 rings (SSSR count). The number of amides is 1. The Morgan fingerprint density at radius 1 is 1.04 bits per heavy atom. The van der Waals surface area contributed by atoms with Gasteiger partial charge >= 0.3 is 5.97 Å². The van der Waals surface area contributed by atoms with Gasteiger partial charge in [0.05, 0.1) is 18.8 Å². The molecule has 2 aromatic rings. The van der Waals surface area contributed by atoms with Crippen molar-refractivity contribution in [2.75, 3.05) is 18.5 Å². The Morgan fingerprint density at radius 2 is 1.81 bits per heavy atom. The standard InChI is InChI=1S/C21H24ClNO4/c1-2-3-13-27-21(25)16-6-4-7-18(15-16)23-20(24)8-5-14-26-19-11-9-17(22)10-12-19/h4,6-7,9-12,15H,2-3,5,8,13-14H2,1H3,(H,23,24). The molecule has 0 aliphatic carbocycles. The van der Waals surface area contributed by atoms with Crippen LogP contribution in [0.3, 0.4) is 0 Å². The smallest absolute Gasteiger partial charge is 0.338 e. The highest BCUT2D eigenvalue weighted by Gasteiger charge is 2.09. The van der Waals surface area contributed by atoms with E-state index in [0.29, 0.717) is 48.1 Å². The molecule has 144 valence electrons. The van der Waals surface area contributed by atoms with Crippen LogP contribution in [-0.2, 0) is 9.53 Å². The van der Waals surface area contributed by atoms with Crippen LogP contribution in [0.5, 0.6) is 5.75 Å². The number of carbonyl (C=O) groups is 2. The van der Waals surface area contributed by atoms with E-state index in [1.54, 1.807) is 48.5 Å². The van der Waals surface area contributed by atoms with Crippen LogP contribution in [-0.4, -0.2) is 25.1 Å². The fourth-order valence-electron chi connectivity index (χ4n) is 2.29. The topological polar surface area (TPSA) is 64.6 Å². The maximum atomic E-state index is 12.1. The molecule has 0 unspecified atom stereocenters. The number of unbranched alkanes of at least 4 members (excludes halogenated alkanes) is 1. The highest BCUT2D eigenvalue weighted by Crippen LogP contribution is 2.16. The predicted octanol–water partition coefficient (Wildman–Crippen LogP) is 5.09. The van der Waals surface area contributed by atoms with E-state index < -0.39 is 0 Å². The van der Waals surface area contributed by atoms with Crippen LogP contribution >= 0.6 is 11.6 Å². The minimum Gasteiger partial charge on any atom is -0.494 e. The van der Waals surface area contributed by atoms with E-state index in [-0.39, 0.29) is 11.9 Å². The Labute approximate surface area is 164 Å². The van der Waals surface area contributed by atoms with E-state index in [2.05, 4.69) is 5.32 Å². The summed E-state index contributed by atoms with van der Waals surface area (Å²) in [5, 5.41) is 3.44. The molecule has 0 heterocycles. The number of hydrogen-bond donors (Lipinski definition) is 1. The molecule has 27 heavy (non-hydrogen) atoms. The summed E-state index contributed by atoms with van der Waals surface area (Å²) < 4.78 is 10.7. The summed E-state index contributed by atoms with van der Waals surface area (Å²) in [6.07, 6.45) is 2.69. The summed E-state index contributed by atoms with van der Waals surface area (Å²) in [5.74, 6) is 0.205. The second-order valence-corrected chi connectivity index (χ2v) is 6.46. The zero-order valence-electron chi connectivity index (χ0n) is 15.4. The molecule has 6 heteroatoms. The molecule has 1 amide bonds. The highest BCUT2D eigenvalue weighted by atomic mass is 35.5. The minimum atomic E-state index is -0.379. The molecule has 0 spiro atoms. The summed E-state index contributed by atoms with van der Waals surface area (Å²) >= 11 is 5.82. The van der Waals surface area contributed by atoms with E-state index >= 15 is 0 Å². The molecule has 0 bridgehead atoms. The zero-order valence-corrected chi connectivity index (χ0v) is 16.1. The van der Waals surface area contributed by atoms with Gasteiger partial charge < -0.3 is 14.8 Å². The Hall–Kier alpha value is -2.53. The van der Waals surface area contributed by atoms with Crippen molar-refractivity contribution < 1.29 is 19.1 Å². The van der Waals surface area contributed by atoms with Gasteiger partial charge in [-0.3, -0.25) is 4.79 Å². The Bertz CT molecular complexity index is 746. The molecule has 0 aliphatic heterocycles. The molecular weight excluding hydrogens is 366 g/mol. The largest absolute Gasteiger partial charge is 0.494 e. The molecule has 0 saturated heterocycles. The van der Waals surface area contributed by atoms with Crippen LogP contribution in [0, 0.1) is 0 Å². The number of anilines is 1. The minimum absolute atomic E-state index is 0.133. The van der Waals surface area contributed by atoms with Crippen molar-refractivity contribution >= 4 is 29.2 Å². The third kappa shape index (κ3) is 7.71. The van der Waals surface area contributed by atoms with E-state index in [1.165, 1.54) is 0 Å². The fraction of sp³-hybridized carbons (Fsp3) is 0.333. The number of halogens is 1. The lowest BCUT2D eigenvalue weighted by molar-refractivity contribution is -0.116. The first-order valence-corrected chi connectivity index (χ1v) is 9.41. The van der Waals surface area contributed by atoms with Gasteiger partial charge in [0.15, 0.2) is 0 Å². The molecule has 0 atom stereocenters. The normalized spacial score (nSPS) is 10.3. The summed E-state index contributed by atoms with van der Waals surface area (Å²) in [4.78, 5) is 24.0. The fourth-order valence-corrected chi connectivity index (χ4v) is 2.42. The number of rotatable bonds is 10. The first-order chi connectivity index (χ1) is 13.1. The van der Waals surface area contributed by atoms with E-state index in [0.717, 1.165) is 12.8 Å². The zero-order chi connectivity index (χ0) is 19.5. The van der Waals surface area contributed by atoms with E-state index in [1.807, 2.05) is 6.92 Å². The molecule has 0 aromatic heterocycles. The Kier molecular flexibility index (Phi) is 8.65. The average Bonchev–Trinajstić information content (AvgIpc) is 2.67. The van der Waals surface area contributed by atoms with Crippen molar-refractivity contribution in [2.45, 2.75) is 32.6 Å². The number of hydrogen-bond acceptors (Lipinski definition) is 4. The molecule has 0 fully saturated rings. The monoisotopic (exact) mass is 389 g/mol. The van der Waals surface area contributed by atoms with Crippen LogP contribution in [0.1, 0.15) is 43.0 Å². The van der Waals surface area contributed by atoms with Crippen LogP contribution in [0.25, 0.3) is 0 Å². The predicted molar refractivity (Wildman–Crippen MR) is 106 cm³/mol. The van der Waals surface area contributed by atoms with Gasteiger partial charge in [-0.05, 0) is 55.3 Å². The SMILES string of the molecule is CCCCOC(=O)c1cccc(NC(=O)CCCOc2ccc(Cl)cc2)c1. The third-order valence-electron chi connectivity index (χ3n) is 3.74.